The van der Waals surface area contributed by atoms with Crippen molar-refractivity contribution in [1.82, 2.24) is 0 Å². The van der Waals surface area contributed by atoms with Crippen molar-refractivity contribution < 1.29 is 30.7 Å². The molecule has 8 heteroatoms. The third kappa shape index (κ3) is 3.20. The van der Waals surface area contributed by atoms with Gasteiger partial charge >= 0.3 is 18.0 Å². The van der Waals surface area contributed by atoms with Crippen LogP contribution < -0.4 is 0 Å². The molecule has 1 aromatic rings. The molecule has 0 aliphatic rings. The molecule has 0 N–H and O–H groups in total. The number of alkyl halides is 7. The Morgan fingerprint density at radius 3 is 1.90 bits per heavy atom. The van der Waals surface area contributed by atoms with Crippen LogP contribution in [0.1, 0.15) is 24.5 Å². The SMILES string of the molecule is CCCc1[c]c(I)cc(C(F)(C(F)(F)F)C(F)(F)F)c1. The standard InChI is InChI=1S/C12H9F7I/c1-2-3-7-4-8(6-9(20)5-7)10(13,11(14,15)16)12(17,18)19/h4,6H,2-3H2,1H3. The second kappa shape index (κ2) is 5.69. The Bertz CT molecular complexity index is 462. The Morgan fingerprint density at radius 1 is 1.00 bits per heavy atom. The first kappa shape index (κ1) is 17.5. The summed E-state index contributed by atoms with van der Waals surface area (Å²) in [5.74, 6) is 0. The lowest BCUT2D eigenvalue weighted by molar-refractivity contribution is -0.348. The second-order valence-corrected chi connectivity index (χ2v) is 5.31. The first-order valence-corrected chi connectivity index (χ1v) is 6.56. The maximum atomic E-state index is 13.9. The monoisotopic (exact) mass is 413 g/mol. The van der Waals surface area contributed by atoms with Gasteiger partial charge in [-0.3, -0.25) is 0 Å². The van der Waals surface area contributed by atoms with Crippen molar-refractivity contribution in [2.45, 2.75) is 37.8 Å². The Morgan fingerprint density at radius 2 is 1.50 bits per heavy atom. The molecule has 0 atom stereocenters. The van der Waals surface area contributed by atoms with Crippen LogP contribution in [0.4, 0.5) is 30.7 Å². The topological polar surface area (TPSA) is 0 Å². The van der Waals surface area contributed by atoms with Crippen LogP contribution in [0, 0.1) is 9.64 Å². The fourth-order valence-corrected chi connectivity index (χ4v) is 2.36. The lowest BCUT2D eigenvalue weighted by atomic mass is 9.92. The normalized spacial score (nSPS) is 13.7. The predicted molar refractivity (Wildman–Crippen MR) is 66.9 cm³/mol. The highest BCUT2D eigenvalue weighted by Crippen LogP contribution is 2.53. The molecule has 0 spiro atoms. The molecule has 0 amide bonds. The number of rotatable bonds is 3. The second-order valence-electron chi connectivity index (χ2n) is 4.15. The lowest BCUT2D eigenvalue weighted by Crippen LogP contribution is -2.50. The summed E-state index contributed by atoms with van der Waals surface area (Å²) in [6, 6.07) is 3.70. The average Bonchev–Trinajstić information content (AvgIpc) is 2.24. The Hall–Kier alpha value is -0.540. The maximum Gasteiger partial charge on any atom is 0.435 e. The molecule has 0 nitrogen and oxygen atoms in total. The molecule has 0 saturated carbocycles. The molecular formula is C12H9F7I. The van der Waals surface area contributed by atoms with E-state index in [1.165, 1.54) is 22.6 Å². The highest BCUT2D eigenvalue weighted by atomic mass is 127. The Labute approximate surface area is 124 Å². The van der Waals surface area contributed by atoms with E-state index >= 15 is 0 Å². The molecule has 1 rings (SSSR count). The third-order valence-corrected chi connectivity index (χ3v) is 3.17. The van der Waals surface area contributed by atoms with Gasteiger partial charge in [0.05, 0.1) is 0 Å². The van der Waals surface area contributed by atoms with E-state index in [2.05, 4.69) is 6.07 Å². The average molecular weight is 413 g/mol. The molecule has 0 fully saturated rings. The zero-order chi connectivity index (χ0) is 15.8. The number of halogens is 8. The minimum atomic E-state index is -6.08. The van der Waals surface area contributed by atoms with Gasteiger partial charge in [-0.25, -0.2) is 4.39 Å². The fourth-order valence-electron chi connectivity index (χ4n) is 1.68. The molecule has 0 saturated heterocycles. The summed E-state index contributed by atoms with van der Waals surface area (Å²) < 4.78 is 89.6. The molecule has 0 unspecified atom stereocenters. The minimum absolute atomic E-state index is 0.000856. The van der Waals surface area contributed by atoms with Gasteiger partial charge in [0, 0.05) is 9.13 Å². The van der Waals surface area contributed by atoms with Crippen LogP contribution in [-0.4, -0.2) is 12.4 Å². The van der Waals surface area contributed by atoms with Gasteiger partial charge in [-0.15, -0.1) is 0 Å². The highest BCUT2D eigenvalue weighted by molar-refractivity contribution is 14.1. The van der Waals surface area contributed by atoms with Crippen LogP contribution in [0.2, 0.25) is 0 Å². The summed E-state index contributed by atoms with van der Waals surface area (Å²) >= 11 is 1.51. The number of aryl methyl sites for hydroxylation is 1. The van der Waals surface area contributed by atoms with Gasteiger partial charge in [0.1, 0.15) is 0 Å². The summed E-state index contributed by atoms with van der Waals surface area (Å²) in [5.41, 5.74) is -6.72. The summed E-state index contributed by atoms with van der Waals surface area (Å²) in [6.45, 7) is 1.70. The van der Waals surface area contributed by atoms with Crippen LogP contribution in [-0.2, 0) is 12.1 Å². The van der Waals surface area contributed by atoms with Crippen molar-refractivity contribution in [2.75, 3.05) is 0 Å². The van der Waals surface area contributed by atoms with E-state index in [-0.39, 0.29) is 15.6 Å². The molecule has 0 aliphatic heterocycles. The van der Waals surface area contributed by atoms with Crippen molar-refractivity contribution in [2.24, 2.45) is 0 Å². The van der Waals surface area contributed by atoms with Gasteiger partial charge in [-0.2, -0.15) is 26.3 Å². The fraction of sp³-hybridized carbons (Fsp3) is 0.500. The molecule has 0 aliphatic carbocycles. The van der Waals surface area contributed by atoms with Gasteiger partial charge in [-0.05, 0) is 46.7 Å². The zero-order valence-corrected chi connectivity index (χ0v) is 12.3. The van der Waals surface area contributed by atoms with E-state index in [0.29, 0.717) is 18.6 Å². The van der Waals surface area contributed by atoms with Gasteiger partial charge in [-0.1, -0.05) is 19.4 Å². The van der Waals surface area contributed by atoms with E-state index in [0.717, 1.165) is 0 Å². The number of hydrogen-bond donors (Lipinski definition) is 0. The number of benzene rings is 1. The summed E-state index contributed by atoms with van der Waals surface area (Å²) in [5, 5.41) is 0. The number of hydrogen-bond acceptors (Lipinski definition) is 0. The van der Waals surface area contributed by atoms with Gasteiger partial charge in [0.2, 0.25) is 0 Å². The van der Waals surface area contributed by atoms with Crippen LogP contribution in [0.5, 0.6) is 0 Å². The van der Waals surface area contributed by atoms with E-state index in [4.69, 9.17) is 0 Å². The van der Waals surface area contributed by atoms with E-state index in [1.807, 2.05) is 0 Å². The van der Waals surface area contributed by atoms with Gasteiger partial charge < -0.3 is 0 Å². The first-order chi connectivity index (χ1) is 8.93. The van der Waals surface area contributed by atoms with Crippen LogP contribution in [0.15, 0.2) is 12.1 Å². The Kier molecular flexibility index (Phi) is 4.98. The van der Waals surface area contributed by atoms with Crippen LogP contribution in [0.3, 0.4) is 0 Å². The Balaban J connectivity index is 3.51. The van der Waals surface area contributed by atoms with Gasteiger partial charge in [0.25, 0.3) is 0 Å². The quantitative estimate of drug-likeness (QED) is 0.464. The van der Waals surface area contributed by atoms with Crippen molar-refractivity contribution in [3.05, 3.63) is 32.9 Å². The zero-order valence-electron chi connectivity index (χ0n) is 10.1. The third-order valence-electron chi connectivity index (χ3n) is 2.59. The van der Waals surface area contributed by atoms with E-state index < -0.39 is 23.6 Å². The van der Waals surface area contributed by atoms with E-state index in [1.54, 1.807) is 6.92 Å². The molecular weight excluding hydrogens is 404 g/mol. The highest BCUT2D eigenvalue weighted by Gasteiger charge is 2.73. The first-order valence-electron chi connectivity index (χ1n) is 5.48. The smallest absolute Gasteiger partial charge is 0.218 e. The molecule has 0 heterocycles. The molecule has 1 aromatic carbocycles. The summed E-state index contributed by atoms with van der Waals surface area (Å²) in [7, 11) is 0. The largest absolute Gasteiger partial charge is 0.435 e. The molecule has 1 radical (unpaired) electrons. The molecule has 0 bridgehead atoms. The van der Waals surface area contributed by atoms with Crippen molar-refractivity contribution in [1.29, 1.82) is 0 Å². The molecule has 113 valence electrons. The van der Waals surface area contributed by atoms with Crippen LogP contribution >= 0.6 is 22.6 Å². The summed E-state index contributed by atoms with van der Waals surface area (Å²) in [6.07, 6.45) is -11.5. The van der Waals surface area contributed by atoms with E-state index in [9.17, 15) is 30.7 Å². The molecule has 0 aromatic heterocycles. The minimum Gasteiger partial charge on any atom is -0.218 e. The lowest BCUT2D eigenvalue weighted by Gasteiger charge is -2.30. The van der Waals surface area contributed by atoms with Crippen LogP contribution in [0.25, 0.3) is 0 Å². The van der Waals surface area contributed by atoms with Crippen molar-refractivity contribution in [3.63, 3.8) is 0 Å². The van der Waals surface area contributed by atoms with Crippen molar-refractivity contribution >= 4 is 22.6 Å². The molecule has 20 heavy (non-hydrogen) atoms. The van der Waals surface area contributed by atoms with Gasteiger partial charge in [0.15, 0.2) is 0 Å². The summed E-state index contributed by atoms with van der Waals surface area (Å²) in [4.78, 5) is 0. The maximum absolute atomic E-state index is 13.9. The van der Waals surface area contributed by atoms with Crippen molar-refractivity contribution in [3.8, 4) is 0 Å². The predicted octanol–water partition coefficient (Wildman–Crippen LogP) is 5.33.